The van der Waals surface area contributed by atoms with Gasteiger partial charge in [0.25, 0.3) is 0 Å². The molecule has 6 aliphatic rings. The summed E-state index contributed by atoms with van der Waals surface area (Å²) >= 11 is 0. The lowest BCUT2D eigenvalue weighted by Gasteiger charge is -2.23. The van der Waals surface area contributed by atoms with Crippen molar-refractivity contribution in [2.24, 2.45) is 0 Å². The lowest BCUT2D eigenvalue weighted by atomic mass is 9.90. The van der Waals surface area contributed by atoms with Crippen LogP contribution in [0.4, 0.5) is 0 Å². The number of hydrogen-bond donors (Lipinski definition) is 0. The number of para-hydroxylation sites is 6. The van der Waals surface area contributed by atoms with E-state index in [1.807, 2.05) is 166 Å². The van der Waals surface area contributed by atoms with E-state index in [2.05, 4.69) is 250 Å². The Morgan fingerprint density at radius 2 is 0.533 bits per heavy atom. The van der Waals surface area contributed by atoms with E-state index in [1.54, 1.807) is 0 Å². The minimum absolute atomic E-state index is 1.02. The highest BCUT2D eigenvalue weighted by atomic mass is 15.0. The molecule has 12 aromatic carbocycles. The molecule has 21 rings (SSSR count). The van der Waals surface area contributed by atoms with E-state index >= 15 is 0 Å². The third-order valence-electron chi connectivity index (χ3n) is 19.3. The third-order valence-corrected chi connectivity index (χ3v) is 19.3. The van der Waals surface area contributed by atoms with Gasteiger partial charge in [0.1, 0.15) is 0 Å². The quantitative estimate of drug-likeness (QED) is 0.144. The van der Waals surface area contributed by atoms with E-state index < -0.39 is 0 Å². The van der Waals surface area contributed by atoms with Crippen LogP contribution >= 0.6 is 0 Å². The van der Waals surface area contributed by atoms with Gasteiger partial charge in [-0.3, -0.25) is 0 Å². The molecule has 0 atom stereocenters. The van der Waals surface area contributed by atoms with Gasteiger partial charge in [-0.1, -0.05) is 360 Å². The summed E-state index contributed by atoms with van der Waals surface area (Å²) in [4.78, 5) is 0. The maximum absolute atomic E-state index is 2.50. The lowest BCUT2D eigenvalue weighted by Crippen LogP contribution is -2.09. The first kappa shape index (κ1) is 82.3. The zero-order valence-corrected chi connectivity index (χ0v) is 68.6. The standard InChI is InChI=1S/3C26H17N.12C2H6/c1-3-9-18-16(7-1)13-20-21(18)15-23-19-10-4-6-12-25(19)27-24-11-5-2-8-17(24)14-22(20)26(23)27;1-3-9-19-16(6-1)15-22-20(19)12-13-24-25(22)21-10-5-8-18-14-17-7-2-4-11-23(17)27(24)26(18)21;1-3-9-20-16(6-1)14-18-12-13-23-25(24(18)20)21-10-5-8-19-15-17-7-2-4-11-22(17)27(23)26(19)21;12*1-2/h1-12,15H,13-14H2;2*1-13H,14-15H2;12*1-2H3. The van der Waals surface area contributed by atoms with Crippen molar-refractivity contribution in [2.45, 2.75) is 205 Å². The molecule has 0 bridgehead atoms. The first-order chi connectivity index (χ1) is 52.2. The monoisotopic (exact) mass is 1390 g/mol. The summed E-state index contributed by atoms with van der Waals surface area (Å²) in [7, 11) is 0. The van der Waals surface area contributed by atoms with Crippen LogP contribution in [0.5, 0.6) is 0 Å². The van der Waals surface area contributed by atoms with Crippen LogP contribution in [0.1, 0.15) is 233 Å². The van der Waals surface area contributed by atoms with Gasteiger partial charge in [-0.05, 0) is 162 Å². The number of fused-ring (bicyclic) bond motifs is 27. The maximum Gasteiger partial charge on any atom is 0.0579 e. The maximum atomic E-state index is 2.50. The van der Waals surface area contributed by atoms with Crippen LogP contribution in [-0.4, -0.2) is 13.7 Å². The number of benzene rings is 12. The smallest absolute Gasteiger partial charge is 0.0579 e. The van der Waals surface area contributed by atoms with Gasteiger partial charge in [0, 0.05) is 68.6 Å². The Morgan fingerprint density at radius 3 is 1.05 bits per heavy atom. The Labute approximate surface area is 633 Å². The van der Waals surface area contributed by atoms with E-state index in [4.69, 9.17) is 0 Å². The van der Waals surface area contributed by atoms with Crippen molar-refractivity contribution in [3.05, 3.63) is 303 Å². The molecule has 0 spiro atoms. The second kappa shape index (κ2) is 39.8. The van der Waals surface area contributed by atoms with Crippen LogP contribution in [0.3, 0.4) is 0 Å². The summed E-state index contributed by atoms with van der Waals surface area (Å²) < 4.78 is 7.50. The zero-order chi connectivity index (χ0) is 76.6. The van der Waals surface area contributed by atoms with Crippen LogP contribution in [0.25, 0.3) is 116 Å². The fraction of sp³-hybridized carbons (Fsp3) is 0.294. The molecule has 0 N–H and O–H groups in total. The molecule has 0 amide bonds. The first-order valence-electron chi connectivity index (χ1n) is 40.9. The van der Waals surface area contributed by atoms with Gasteiger partial charge in [0.2, 0.25) is 0 Å². The Hall–Kier alpha value is -9.96. The zero-order valence-electron chi connectivity index (χ0n) is 68.6. The fourth-order valence-electron chi connectivity index (χ4n) is 16.0. The van der Waals surface area contributed by atoms with Crippen molar-refractivity contribution in [2.75, 3.05) is 0 Å². The second-order valence-electron chi connectivity index (χ2n) is 23.3. The molecule has 0 unspecified atom stereocenters. The molecule has 3 nitrogen and oxygen atoms in total. The van der Waals surface area contributed by atoms with Crippen LogP contribution in [-0.2, 0) is 38.5 Å². The molecule has 105 heavy (non-hydrogen) atoms. The van der Waals surface area contributed by atoms with Crippen LogP contribution < -0.4 is 0 Å². The molecule has 3 heteroatoms. The van der Waals surface area contributed by atoms with Crippen molar-refractivity contribution in [1.29, 1.82) is 0 Å². The molecule has 6 heterocycles. The normalized spacial score (nSPS) is 11.2. The predicted octanol–water partition coefficient (Wildman–Crippen LogP) is 31.1. The summed E-state index contributed by atoms with van der Waals surface area (Å²) in [6.07, 6.45) is 6.20. The largest absolute Gasteiger partial charge is 0.309 e. The van der Waals surface area contributed by atoms with Gasteiger partial charge in [-0.15, -0.1) is 0 Å². The number of nitrogens with zero attached hydrogens (tertiary/aromatic N) is 3. The summed E-state index contributed by atoms with van der Waals surface area (Å²) in [6, 6.07) is 87.6. The van der Waals surface area contributed by atoms with Crippen LogP contribution in [0.2, 0.25) is 0 Å². The van der Waals surface area contributed by atoms with Gasteiger partial charge in [0.05, 0.1) is 33.1 Å². The predicted molar refractivity (Wildman–Crippen MR) is 472 cm³/mol. The van der Waals surface area contributed by atoms with Crippen molar-refractivity contribution >= 4 is 65.4 Å². The van der Waals surface area contributed by atoms with Crippen LogP contribution in [0.15, 0.2) is 237 Å². The van der Waals surface area contributed by atoms with Gasteiger partial charge in [-0.25, -0.2) is 0 Å². The van der Waals surface area contributed by atoms with E-state index in [9.17, 15) is 0 Å². The van der Waals surface area contributed by atoms with Crippen molar-refractivity contribution < 1.29 is 0 Å². The molecule has 0 fully saturated rings. The molecule has 546 valence electrons. The highest BCUT2D eigenvalue weighted by molar-refractivity contribution is 6.19. The Bertz CT molecular complexity index is 5290. The second-order valence-corrected chi connectivity index (χ2v) is 23.3. The molecular formula is C102H123N3. The molecule has 0 radical (unpaired) electrons. The summed E-state index contributed by atoms with van der Waals surface area (Å²) in [5.41, 5.74) is 38.2. The van der Waals surface area contributed by atoms with Crippen molar-refractivity contribution in [1.82, 2.24) is 13.7 Å². The molecule has 3 aliphatic carbocycles. The molecule has 15 aromatic rings. The van der Waals surface area contributed by atoms with Gasteiger partial charge in [-0.2, -0.15) is 0 Å². The SMILES string of the molecule is CC.CC.CC.CC.CC.CC.CC.CC.CC.CC.CC.CC.c1ccc2c(c1)Cc1c-2cc2c3ccccc3n3c2c1Cc1ccccc1-3.c1ccc2c(c1)Cc1c-2ccc2c1c1cccc3c1n2-c1ccccc1C3.c1ccc2c(c1)Cc1ccc3c(c1-2)c1cccc2c1n3-c1ccccc1C2. The number of rotatable bonds is 0. The molecule has 3 aliphatic heterocycles. The summed E-state index contributed by atoms with van der Waals surface area (Å²) in [6.45, 7) is 48.0. The Kier molecular flexibility index (Phi) is 31.2. The van der Waals surface area contributed by atoms with Gasteiger partial charge < -0.3 is 13.7 Å². The topological polar surface area (TPSA) is 14.8 Å². The molecule has 3 aromatic heterocycles. The summed E-state index contributed by atoms with van der Waals surface area (Å²) in [5.74, 6) is 0. The van der Waals surface area contributed by atoms with Crippen LogP contribution in [0, 0.1) is 0 Å². The number of aromatic nitrogens is 3. The minimum atomic E-state index is 1.02. The van der Waals surface area contributed by atoms with E-state index in [-0.39, 0.29) is 0 Å². The first-order valence-corrected chi connectivity index (χ1v) is 40.9. The highest BCUT2D eigenvalue weighted by Gasteiger charge is 2.32. The Balaban J connectivity index is 0.000000192. The van der Waals surface area contributed by atoms with E-state index in [1.165, 1.54) is 183 Å². The van der Waals surface area contributed by atoms with E-state index in [0.717, 1.165) is 38.5 Å². The van der Waals surface area contributed by atoms with Crippen molar-refractivity contribution in [3.63, 3.8) is 0 Å². The lowest BCUT2D eigenvalue weighted by molar-refractivity contribution is 1.02. The third kappa shape index (κ3) is 14.7. The minimum Gasteiger partial charge on any atom is -0.309 e. The molecular weight excluding hydrogens is 1270 g/mol. The molecule has 0 saturated heterocycles. The highest BCUT2D eigenvalue weighted by Crippen LogP contribution is 2.51. The van der Waals surface area contributed by atoms with Gasteiger partial charge in [0.15, 0.2) is 0 Å². The summed E-state index contributed by atoms with van der Waals surface area (Å²) in [5, 5.41) is 8.42. The Morgan fingerprint density at radius 1 is 0.190 bits per heavy atom. The fourth-order valence-corrected chi connectivity index (χ4v) is 16.0. The van der Waals surface area contributed by atoms with Gasteiger partial charge >= 0.3 is 0 Å². The average molecular weight is 1390 g/mol. The van der Waals surface area contributed by atoms with Crippen molar-refractivity contribution in [3.8, 4) is 50.4 Å². The number of hydrogen-bond acceptors (Lipinski definition) is 0. The van der Waals surface area contributed by atoms with E-state index in [0.29, 0.717) is 0 Å². The average Bonchev–Trinajstić information content (AvgIpc) is 1.56. The molecule has 0 saturated carbocycles.